The third-order valence-corrected chi connectivity index (χ3v) is 7.56. The Morgan fingerprint density at radius 3 is 1.48 bits per heavy atom. The number of rotatable bonds is 4. The first kappa shape index (κ1) is 21.4. The lowest BCUT2D eigenvalue weighted by molar-refractivity contribution is -0.0349. The maximum atomic E-state index is 13.2. The molecule has 0 spiro atoms. The lowest BCUT2D eigenvalue weighted by atomic mass is 9.87. The van der Waals surface area contributed by atoms with Crippen LogP contribution in [0.15, 0.2) is 60.7 Å². The first-order valence-electron chi connectivity index (χ1n) is 11.5. The molecule has 0 amide bonds. The highest BCUT2D eigenvalue weighted by Gasteiger charge is 2.55. The van der Waals surface area contributed by atoms with Crippen LogP contribution in [0.3, 0.4) is 0 Å². The number of esters is 2. The van der Waals surface area contributed by atoms with Crippen molar-refractivity contribution in [3.05, 3.63) is 105 Å². The molecule has 0 heterocycles. The van der Waals surface area contributed by atoms with Gasteiger partial charge in [0.2, 0.25) is 0 Å². The molecule has 0 saturated heterocycles. The zero-order chi connectivity index (χ0) is 23.3. The molecule has 2 unspecified atom stereocenters. The van der Waals surface area contributed by atoms with Crippen molar-refractivity contribution in [2.24, 2.45) is 0 Å². The predicted molar refractivity (Wildman–Crippen MR) is 127 cm³/mol. The Labute approximate surface area is 194 Å². The summed E-state index contributed by atoms with van der Waals surface area (Å²) in [6.45, 7) is 7.82. The van der Waals surface area contributed by atoms with Crippen molar-refractivity contribution in [1.29, 1.82) is 0 Å². The molecule has 0 radical (unpaired) electrons. The Morgan fingerprint density at radius 2 is 1.06 bits per heavy atom. The fourth-order valence-corrected chi connectivity index (χ4v) is 5.41. The van der Waals surface area contributed by atoms with Gasteiger partial charge in [0.25, 0.3) is 0 Å². The highest BCUT2D eigenvalue weighted by molar-refractivity contribution is 5.92. The number of aryl methyl sites for hydroxylation is 2. The molecule has 1 fully saturated rings. The summed E-state index contributed by atoms with van der Waals surface area (Å²) in [6, 6.07) is 19.5. The normalized spacial score (nSPS) is 22.7. The second-order valence-corrected chi connectivity index (χ2v) is 9.31. The van der Waals surface area contributed by atoms with Crippen LogP contribution in [0.4, 0.5) is 0 Å². The van der Waals surface area contributed by atoms with Gasteiger partial charge in [0.05, 0.1) is 11.1 Å². The van der Waals surface area contributed by atoms with Crippen molar-refractivity contribution in [2.75, 3.05) is 0 Å². The SMILES string of the molecule is Cc1cccc(C(=O)O[C@@H]2C3CC(c4ccccc43)[C@@H]2OC(=O)c2cccc(C)c2C)c1C. The molecule has 2 bridgehead atoms. The summed E-state index contributed by atoms with van der Waals surface area (Å²) in [5.41, 5.74) is 7.42. The van der Waals surface area contributed by atoms with Crippen LogP contribution in [0.25, 0.3) is 0 Å². The van der Waals surface area contributed by atoms with Crippen molar-refractivity contribution in [3.63, 3.8) is 0 Å². The molecular weight excluding hydrogens is 412 g/mol. The fraction of sp³-hybridized carbons (Fsp3) is 0.310. The van der Waals surface area contributed by atoms with Gasteiger partial charge in [-0.05, 0) is 79.6 Å². The summed E-state index contributed by atoms with van der Waals surface area (Å²) in [6.07, 6.45) is -0.202. The Morgan fingerprint density at radius 1 is 0.636 bits per heavy atom. The minimum Gasteiger partial charge on any atom is -0.454 e. The monoisotopic (exact) mass is 440 g/mol. The van der Waals surface area contributed by atoms with Crippen LogP contribution in [0.1, 0.15) is 72.4 Å². The Bertz CT molecular complexity index is 1160. The molecule has 4 atom stereocenters. The van der Waals surface area contributed by atoms with E-state index in [1.54, 1.807) is 12.1 Å². The molecule has 1 saturated carbocycles. The summed E-state index contributed by atoms with van der Waals surface area (Å²) in [5.74, 6) is -0.675. The lowest BCUT2D eigenvalue weighted by Gasteiger charge is -2.32. The standard InChI is InChI=1S/C29H28O4/c1-16-9-7-13-20(18(16)3)28(30)32-26-24-15-25(23-12-6-5-11-22(23)24)27(26)33-29(31)21-14-8-10-17(2)19(21)4/h5-14,24-27H,15H2,1-4H3/t24?,25?,26-,27+. The molecule has 5 rings (SSSR count). The molecular formula is C29H28O4. The van der Waals surface area contributed by atoms with Crippen LogP contribution in [-0.2, 0) is 9.47 Å². The number of hydrogen-bond acceptors (Lipinski definition) is 4. The quantitative estimate of drug-likeness (QED) is 0.470. The number of carbonyl (C=O) groups is 2. The van der Waals surface area contributed by atoms with Crippen molar-refractivity contribution in [1.82, 2.24) is 0 Å². The molecule has 2 aliphatic carbocycles. The van der Waals surface area contributed by atoms with Gasteiger partial charge in [-0.25, -0.2) is 9.59 Å². The van der Waals surface area contributed by atoms with Gasteiger partial charge in [0.15, 0.2) is 0 Å². The zero-order valence-electron chi connectivity index (χ0n) is 19.4. The summed E-state index contributed by atoms with van der Waals surface area (Å²) >= 11 is 0. The van der Waals surface area contributed by atoms with E-state index in [1.165, 1.54) is 11.1 Å². The van der Waals surface area contributed by atoms with Crippen molar-refractivity contribution in [2.45, 2.75) is 58.2 Å². The first-order chi connectivity index (χ1) is 15.9. The van der Waals surface area contributed by atoms with E-state index >= 15 is 0 Å². The van der Waals surface area contributed by atoms with E-state index in [0.717, 1.165) is 28.7 Å². The molecule has 2 aliphatic rings. The average molecular weight is 441 g/mol. The summed E-state index contributed by atoms with van der Waals surface area (Å²) < 4.78 is 12.2. The highest BCUT2D eigenvalue weighted by Crippen LogP contribution is 2.55. The van der Waals surface area contributed by atoms with E-state index < -0.39 is 12.2 Å². The van der Waals surface area contributed by atoms with E-state index in [2.05, 4.69) is 12.1 Å². The molecule has 3 aromatic carbocycles. The molecule has 168 valence electrons. The second kappa shape index (κ2) is 8.18. The number of hydrogen-bond donors (Lipinski definition) is 0. The van der Waals surface area contributed by atoms with Gasteiger partial charge >= 0.3 is 11.9 Å². The summed E-state index contributed by atoms with van der Waals surface area (Å²) in [4.78, 5) is 26.4. The summed E-state index contributed by atoms with van der Waals surface area (Å²) in [5, 5.41) is 0. The van der Waals surface area contributed by atoms with E-state index in [0.29, 0.717) is 11.1 Å². The van der Waals surface area contributed by atoms with Crippen molar-refractivity contribution < 1.29 is 19.1 Å². The van der Waals surface area contributed by atoms with Crippen LogP contribution < -0.4 is 0 Å². The van der Waals surface area contributed by atoms with Gasteiger partial charge in [0.1, 0.15) is 12.2 Å². The number of ether oxygens (including phenoxy) is 2. The van der Waals surface area contributed by atoms with E-state index in [1.807, 2.05) is 64.1 Å². The lowest BCUT2D eigenvalue weighted by Crippen LogP contribution is -2.39. The molecule has 3 aromatic rings. The smallest absolute Gasteiger partial charge is 0.338 e. The number of fused-ring (bicyclic) bond motifs is 5. The van der Waals surface area contributed by atoms with Crippen LogP contribution in [0.2, 0.25) is 0 Å². The molecule has 4 heteroatoms. The van der Waals surface area contributed by atoms with Crippen molar-refractivity contribution >= 4 is 11.9 Å². The fourth-order valence-electron chi connectivity index (χ4n) is 5.41. The maximum absolute atomic E-state index is 13.2. The zero-order valence-corrected chi connectivity index (χ0v) is 19.4. The van der Waals surface area contributed by atoms with Crippen LogP contribution in [-0.4, -0.2) is 24.1 Å². The third-order valence-electron chi connectivity index (χ3n) is 7.56. The third kappa shape index (κ3) is 3.54. The van der Waals surface area contributed by atoms with Crippen LogP contribution in [0, 0.1) is 27.7 Å². The minimum atomic E-state index is -0.508. The molecule has 0 aromatic heterocycles. The second-order valence-electron chi connectivity index (χ2n) is 9.31. The largest absolute Gasteiger partial charge is 0.454 e. The number of benzene rings is 3. The molecule has 0 aliphatic heterocycles. The minimum absolute atomic E-state index is 0.0247. The Hall–Kier alpha value is -3.40. The van der Waals surface area contributed by atoms with E-state index in [9.17, 15) is 9.59 Å². The Balaban J connectivity index is 1.47. The number of carbonyl (C=O) groups excluding carboxylic acids is 2. The molecule has 33 heavy (non-hydrogen) atoms. The molecule has 0 N–H and O–H groups in total. The van der Waals surface area contributed by atoms with E-state index in [4.69, 9.17) is 9.47 Å². The van der Waals surface area contributed by atoms with Gasteiger partial charge in [-0.15, -0.1) is 0 Å². The Kier molecular flexibility index (Phi) is 5.32. The summed E-state index contributed by atoms with van der Waals surface area (Å²) in [7, 11) is 0. The van der Waals surface area contributed by atoms with Gasteiger partial charge in [-0.3, -0.25) is 0 Å². The van der Waals surface area contributed by atoms with Gasteiger partial charge in [0, 0.05) is 11.8 Å². The maximum Gasteiger partial charge on any atom is 0.338 e. The topological polar surface area (TPSA) is 52.6 Å². The first-order valence-corrected chi connectivity index (χ1v) is 11.5. The molecule has 4 nitrogen and oxygen atoms in total. The van der Waals surface area contributed by atoms with Crippen LogP contribution >= 0.6 is 0 Å². The van der Waals surface area contributed by atoms with Gasteiger partial charge in [-0.2, -0.15) is 0 Å². The average Bonchev–Trinajstić information content (AvgIpc) is 3.34. The van der Waals surface area contributed by atoms with Gasteiger partial charge in [-0.1, -0.05) is 48.5 Å². The van der Waals surface area contributed by atoms with Crippen molar-refractivity contribution in [3.8, 4) is 0 Å². The van der Waals surface area contributed by atoms with E-state index in [-0.39, 0.29) is 23.8 Å². The highest BCUT2D eigenvalue weighted by atomic mass is 16.6. The van der Waals surface area contributed by atoms with Gasteiger partial charge < -0.3 is 9.47 Å². The van der Waals surface area contributed by atoms with Crippen LogP contribution in [0.5, 0.6) is 0 Å². The predicted octanol–water partition coefficient (Wildman–Crippen LogP) is 5.96.